The maximum atomic E-state index is 10.9. The molecule has 3 aliphatic carbocycles. The lowest BCUT2D eigenvalue weighted by atomic mass is 9.54. The van der Waals surface area contributed by atoms with Crippen LogP contribution in [-0.2, 0) is 4.74 Å². The van der Waals surface area contributed by atoms with Gasteiger partial charge in [-0.05, 0) is 93.3 Å². The number of anilines is 1. The fourth-order valence-electron chi connectivity index (χ4n) is 8.61. The van der Waals surface area contributed by atoms with E-state index in [0.29, 0.717) is 18.2 Å². The molecule has 35 heavy (non-hydrogen) atoms. The number of nitrogens with zero attached hydrogens (tertiary/aromatic N) is 2. The third-order valence-corrected chi connectivity index (χ3v) is 11.1. The van der Waals surface area contributed by atoms with E-state index in [1.165, 1.54) is 16.7 Å². The lowest BCUT2D eigenvalue weighted by Crippen LogP contribution is -2.66. The first-order valence-electron chi connectivity index (χ1n) is 13.0. The van der Waals surface area contributed by atoms with Gasteiger partial charge in [-0.2, -0.15) is 5.10 Å². The number of ether oxygens (including phenoxy) is 1. The van der Waals surface area contributed by atoms with E-state index in [9.17, 15) is 5.11 Å². The van der Waals surface area contributed by atoms with E-state index in [4.69, 9.17) is 22.1 Å². The molecule has 2 saturated carbocycles. The van der Waals surface area contributed by atoms with Crippen LogP contribution in [0.1, 0.15) is 57.4 Å². The second-order valence-corrected chi connectivity index (χ2v) is 12.9. The van der Waals surface area contributed by atoms with Gasteiger partial charge in [-0.25, -0.2) is 0 Å². The molecule has 1 aromatic heterocycles. The minimum Gasteiger partial charge on any atom is -0.391 e. The van der Waals surface area contributed by atoms with Gasteiger partial charge in [-0.1, -0.05) is 25.1 Å². The van der Waals surface area contributed by atoms with E-state index in [2.05, 4.69) is 66.5 Å². The Morgan fingerprint density at radius 3 is 2.86 bits per heavy atom. The number of hydrogen-bond acceptors (Lipinski definition) is 5. The standard InChI is InChI=1S/C28H35ClN4O2/c1-25-8-10-27(29)14-17-13-22(34)21(33(2)3)15-26(17)9-11-28(27,35-26)23(25)7-5-19(25)16-4-6-20-18(12-16)24(30)32-31-20/h4-6,12,14,21-23,34H,7-11,13,15H2,1-3H3,(H3,30,31,32)/t21-,22?,23?,25?,26+,27?,28-/m0/s1. The third-order valence-electron chi connectivity index (χ3n) is 10.5. The molecule has 2 bridgehead atoms. The number of likely N-dealkylation sites (N-methyl/N-ethyl adjacent to an activating group) is 1. The van der Waals surface area contributed by atoms with Gasteiger partial charge in [0, 0.05) is 17.3 Å². The van der Waals surface area contributed by atoms with Gasteiger partial charge < -0.3 is 20.5 Å². The van der Waals surface area contributed by atoms with E-state index in [1.54, 1.807) is 0 Å². The monoisotopic (exact) mass is 494 g/mol. The van der Waals surface area contributed by atoms with E-state index in [-0.39, 0.29) is 28.8 Å². The molecule has 4 N–H and O–H groups in total. The molecule has 7 atom stereocenters. The Balaban J connectivity index is 1.29. The Labute approximate surface area is 211 Å². The molecule has 4 unspecified atom stereocenters. The van der Waals surface area contributed by atoms with Crippen molar-refractivity contribution in [3.8, 4) is 0 Å². The molecule has 7 rings (SSSR count). The van der Waals surface area contributed by atoms with Crippen molar-refractivity contribution in [3.63, 3.8) is 0 Å². The van der Waals surface area contributed by atoms with Gasteiger partial charge >= 0.3 is 0 Å². The second-order valence-electron chi connectivity index (χ2n) is 12.2. The predicted octanol–water partition coefficient (Wildman–Crippen LogP) is 4.64. The summed E-state index contributed by atoms with van der Waals surface area (Å²) in [4.78, 5) is 1.64. The number of nitrogens with two attached hydrogens (primary N) is 1. The second kappa shape index (κ2) is 6.91. The van der Waals surface area contributed by atoms with Crippen LogP contribution in [0.2, 0.25) is 0 Å². The Bertz CT molecular complexity index is 1300. The largest absolute Gasteiger partial charge is 0.391 e. The zero-order valence-electron chi connectivity index (χ0n) is 20.8. The van der Waals surface area contributed by atoms with Gasteiger partial charge in [0.05, 0.1) is 27.7 Å². The average Bonchev–Trinajstić information content (AvgIpc) is 3.48. The first kappa shape index (κ1) is 22.3. The molecule has 0 radical (unpaired) electrons. The Kier molecular flexibility index (Phi) is 4.41. The lowest BCUT2D eigenvalue weighted by Gasteiger charge is -2.61. The maximum Gasteiger partial charge on any atom is 0.153 e. The zero-order chi connectivity index (χ0) is 24.4. The molecule has 7 heteroatoms. The van der Waals surface area contributed by atoms with Crippen LogP contribution in [0.25, 0.3) is 16.5 Å². The minimum atomic E-state index is -0.514. The number of aliphatic hydroxyl groups is 1. The normalized spacial score (nSPS) is 44.1. The number of nitrogen functional groups attached to an aromatic ring is 1. The Morgan fingerprint density at radius 1 is 1.23 bits per heavy atom. The summed E-state index contributed by atoms with van der Waals surface area (Å²) in [6.07, 6.45) is 10.7. The van der Waals surface area contributed by atoms with Crippen LogP contribution in [0, 0.1) is 11.3 Å². The summed E-state index contributed by atoms with van der Waals surface area (Å²) in [6, 6.07) is 6.57. The van der Waals surface area contributed by atoms with Gasteiger partial charge in [0.2, 0.25) is 0 Å². The van der Waals surface area contributed by atoms with Crippen LogP contribution in [0.5, 0.6) is 0 Å². The number of H-pyrrole nitrogens is 1. The minimum absolute atomic E-state index is 0.0173. The predicted molar refractivity (Wildman–Crippen MR) is 139 cm³/mol. The molecule has 0 amide bonds. The number of aromatic nitrogens is 2. The number of fused-ring (bicyclic) bond motifs is 2. The van der Waals surface area contributed by atoms with Gasteiger partial charge in [-0.3, -0.25) is 5.10 Å². The molecule has 6 nitrogen and oxygen atoms in total. The fourth-order valence-corrected chi connectivity index (χ4v) is 9.10. The topological polar surface area (TPSA) is 87.4 Å². The molecule has 2 aliphatic heterocycles. The maximum absolute atomic E-state index is 10.9. The van der Waals surface area contributed by atoms with Crippen LogP contribution in [0.3, 0.4) is 0 Å². The zero-order valence-corrected chi connectivity index (χ0v) is 21.5. The van der Waals surface area contributed by atoms with E-state index >= 15 is 0 Å². The van der Waals surface area contributed by atoms with Crippen molar-refractivity contribution in [1.29, 1.82) is 0 Å². The van der Waals surface area contributed by atoms with Crippen molar-refractivity contribution in [3.05, 3.63) is 41.5 Å². The van der Waals surface area contributed by atoms with Crippen LogP contribution in [0.4, 0.5) is 5.82 Å². The summed E-state index contributed by atoms with van der Waals surface area (Å²) in [5, 5.41) is 19.1. The number of benzene rings is 1. The van der Waals surface area contributed by atoms with Crippen LogP contribution in [0.15, 0.2) is 35.9 Å². The molecule has 1 aromatic carbocycles. The Morgan fingerprint density at radius 2 is 2.06 bits per heavy atom. The first-order valence-corrected chi connectivity index (χ1v) is 13.4. The highest BCUT2D eigenvalue weighted by atomic mass is 35.5. The molecule has 2 spiro atoms. The van der Waals surface area contributed by atoms with E-state index in [0.717, 1.165) is 49.4 Å². The third kappa shape index (κ3) is 2.69. The molecule has 2 aromatic rings. The van der Waals surface area contributed by atoms with Gasteiger partial charge in [0.1, 0.15) is 0 Å². The van der Waals surface area contributed by atoms with Crippen molar-refractivity contribution in [1.82, 2.24) is 15.1 Å². The van der Waals surface area contributed by atoms with E-state index < -0.39 is 4.87 Å². The number of rotatable bonds is 2. The SMILES string of the molecule is CN(C)[C@H]1C[C@@]23CC[C@]4(O2)C2CC=C(c5ccc6[nH]nc(N)c6c5)C2(C)CCC4(Cl)C=C3CC1O. The van der Waals surface area contributed by atoms with Crippen molar-refractivity contribution < 1.29 is 9.84 Å². The summed E-state index contributed by atoms with van der Waals surface area (Å²) in [6.45, 7) is 2.42. The number of halogens is 1. The van der Waals surface area contributed by atoms with Crippen LogP contribution < -0.4 is 5.73 Å². The summed E-state index contributed by atoms with van der Waals surface area (Å²) >= 11 is 7.58. The van der Waals surface area contributed by atoms with Crippen molar-refractivity contribution >= 4 is 33.9 Å². The molecular weight excluding hydrogens is 460 g/mol. The first-order chi connectivity index (χ1) is 16.6. The molecule has 186 valence electrons. The molecule has 3 fully saturated rings. The summed E-state index contributed by atoms with van der Waals surface area (Å²) in [7, 11) is 4.13. The molecule has 3 heterocycles. The number of allylic oxidation sites excluding steroid dienone is 2. The van der Waals surface area contributed by atoms with Gasteiger partial charge in [0.15, 0.2) is 5.82 Å². The summed E-state index contributed by atoms with van der Waals surface area (Å²) in [5.74, 6) is 0.862. The summed E-state index contributed by atoms with van der Waals surface area (Å²) in [5.41, 5.74) is 10.3. The lowest BCUT2D eigenvalue weighted by molar-refractivity contribution is -0.188. The molecule has 5 aliphatic rings. The molecular formula is C28H35ClN4O2. The van der Waals surface area contributed by atoms with Crippen LogP contribution in [-0.4, -0.2) is 62.5 Å². The number of alkyl halides is 1. The number of hydrogen-bond donors (Lipinski definition) is 3. The van der Waals surface area contributed by atoms with Gasteiger partial charge in [0.25, 0.3) is 0 Å². The number of aromatic amines is 1. The molecule has 1 saturated heterocycles. The average molecular weight is 495 g/mol. The van der Waals surface area contributed by atoms with Gasteiger partial charge in [-0.15, -0.1) is 11.6 Å². The van der Waals surface area contributed by atoms with Crippen molar-refractivity contribution in [2.45, 2.75) is 80.1 Å². The van der Waals surface area contributed by atoms with Crippen molar-refractivity contribution in [2.24, 2.45) is 11.3 Å². The highest BCUT2D eigenvalue weighted by Crippen LogP contribution is 2.71. The quantitative estimate of drug-likeness (QED) is 0.418. The number of aliphatic hydroxyl groups excluding tert-OH is 1. The highest BCUT2D eigenvalue weighted by Gasteiger charge is 2.72. The van der Waals surface area contributed by atoms with E-state index in [1.807, 2.05) is 0 Å². The number of nitrogens with one attached hydrogen (secondary N) is 1. The highest BCUT2D eigenvalue weighted by molar-refractivity contribution is 6.26. The smallest absolute Gasteiger partial charge is 0.153 e. The van der Waals surface area contributed by atoms with Crippen molar-refractivity contribution in [2.75, 3.05) is 19.8 Å². The fraction of sp³-hybridized carbons (Fsp3) is 0.607. The summed E-state index contributed by atoms with van der Waals surface area (Å²) < 4.78 is 7.35. The Hall–Kier alpha value is -1.86. The van der Waals surface area contributed by atoms with Crippen LogP contribution >= 0.6 is 11.6 Å².